The normalized spacial score (nSPS) is 16.1. The Hall–Kier alpha value is -1.28. The summed E-state index contributed by atoms with van der Waals surface area (Å²) in [4.78, 5) is 0. The monoisotopic (exact) mass is 330 g/mol. The Kier molecular flexibility index (Phi) is 9.63. The van der Waals surface area contributed by atoms with E-state index in [0.717, 1.165) is 12.4 Å². The van der Waals surface area contributed by atoms with Gasteiger partial charge in [0.25, 0.3) is 0 Å². The molecule has 0 spiro atoms. The predicted molar refractivity (Wildman–Crippen MR) is 102 cm³/mol. The van der Waals surface area contributed by atoms with Gasteiger partial charge in [-0.2, -0.15) is 0 Å². The van der Waals surface area contributed by atoms with E-state index in [9.17, 15) is 0 Å². The first-order valence-corrected chi connectivity index (χ1v) is 9.83. The molecule has 0 bridgehead atoms. The van der Waals surface area contributed by atoms with E-state index >= 15 is 0 Å². The molecule has 0 aromatic heterocycles. The van der Waals surface area contributed by atoms with Crippen LogP contribution in [0.15, 0.2) is 36.9 Å². The molecule has 1 aromatic carbocycles. The highest BCUT2D eigenvalue weighted by atomic mass is 16.6. The van der Waals surface area contributed by atoms with Gasteiger partial charge in [0.1, 0.15) is 18.5 Å². The van der Waals surface area contributed by atoms with Crippen LogP contribution >= 0.6 is 0 Å². The minimum Gasteiger partial charge on any atom is -0.491 e. The molecular formula is C22H34O2. The van der Waals surface area contributed by atoms with Crippen LogP contribution in [0.25, 0.3) is 0 Å². The van der Waals surface area contributed by atoms with Crippen LogP contribution < -0.4 is 4.74 Å². The number of hydrogen-bond donors (Lipinski definition) is 0. The lowest BCUT2D eigenvalue weighted by Crippen LogP contribution is -2.04. The van der Waals surface area contributed by atoms with E-state index in [1.807, 2.05) is 12.1 Å². The average molecular weight is 331 g/mol. The number of allylic oxidation sites excluding steroid dienone is 1. The summed E-state index contributed by atoms with van der Waals surface area (Å²) in [5, 5.41) is 0. The Balaban J connectivity index is 1.44. The molecule has 1 atom stereocenters. The van der Waals surface area contributed by atoms with Crippen molar-refractivity contribution in [2.75, 3.05) is 13.2 Å². The Morgan fingerprint density at radius 1 is 1.00 bits per heavy atom. The molecule has 1 aliphatic heterocycles. The molecule has 0 aliphatic carbocycles. The second-order valence-corrected chi connectivity index (χ2v) is 6.92. The molecule has 134 valence electrons. The van der Waals surface area contributed by atoms with E-state index in [-0.39, 0.29) is 0 Å². The number of epoxide rings is 1. The highest BCUT2D eigenvalue weighted by Crippen LogP contribution is 2.18. The van der Waals surface area contributed by atoms with Crippen LogP contribution in [0, 0.1) is 0 Å². The van der Waals surface area contributed by atoms with Crippen LogP contribution in [0.1, 0.15) is 69.8 Å². The van der Waals surface area contributed by atoms with E-state index in [4.69, 9.17) is 9.47 Å². The fourth-order valence-corrected chi connectivity index (χ4v) is 3.00. The number of benzene rings is 1. The summed E-state index contributed by atoms with van der Waals surface area (Å²) >= 11 is 0. The minimum atomic E-state index is 0.329. The van der Waals surface area contributed by atoms with E-state index in [0.29, 0.717) is 12.7 Å². The van der Waals surface area contributed by atoms with Gasteiger partial charge in [0.05, 0.1) is 6.61 Å². The zero-order valence-corrected chi connectivity index (χ0v) is 15.2. The fourth-order valence-electron chi connectivity index (χ4n) is 3.00. The Labute approximate surface area is 148 Å². The van der Waals surface area contributed by atoms with Gasteiger partial charge in [0.2, 0.25) is 0 Å². The number of ether oxygens (including phenoxy) is 2. The first kappa shape index (κ1) is 19.1. The van der Waals surface area contributed by atoms with Crippen molar-refractivity contribution in [2.45, 2.75) is 76.7 Å². The van der Waals surface area contributed by atoms with E-state index in [1.165, 1.54) is 76.2 Å². The molecule has 1 fully saturated rings. The SMILES string of the molecule is C=CCCCCCCCCCCCc1cccc(OCC2CO2)c1. The van der Waals surface area contributed by atoms with Crippen molar-refractivity contribution in [1.82, 2.24) is 0 Å². The number of aryl methyl sites for hydroxylation is 1. The maximum Gasteiger partial charge on any atom is 0.119 e. The summed E-state index contributed by atoms with van der Waals surface area (Å²) < 4.78 is 10.9. The van der Waals surface area contributed by atoms with Gasteiger partial charge in [-0.05, 0) is 43.4 Å². The highest BCUT2D eigenvalue weighted by Gasteiger charge is 2.22. The third-order valence-electron chi connectivity index (χ3n) is 4.61. The molecule has 0 amide bonds. The molecule has 2 heteroatoms. The summed E-state index contributed by atoms with van der Waals surface area (Å²) in [5.41, 5.74) is 1.39. The van der Waals surface area contributed by atoms with Crippen LogP contribution in [0.5, 0.6) is 5.75 Å². The third-order valence-corrected chi connectivity index (χ3v) is 4.61. The molecule has 0 N–H and O–H groups in total. The second kappa shape index (κ2) is 12.1. The van der Waals surface area contributed by atoms with Crippen molar-refractivity contribution in [1.29, 1.82) is 0 Å². The van der Waals surface area contributed by atoms with E-state index < -0.39 is 0 Å². The smallest absolute Gasteiger partial charge is 0.119 e. The van der Waals surface area contributed by atoms with Crippen LogP contribution in [0.4, 0.5) is 0 Å². The van der Waals surface area contributed by atoms with Crippen LogP contribution in [-0.2, 0) is 11.2 Å². The van der Waals surface area contributed by atoms with Gasteiger partial charge < -0.3 is 9.47 Å². The van der Waals surface area contributed by atoms with E-state index in [1.54, 1.807) is 0 Å². The van der Waals surface area contributed by atoms with Gasteiger partial charge in [-0.1, -0.05) is 63.2 Å². The third kappa shape index (κ3) is 9.12. The molecule has 0 radical (unpaired) electrons. The zero-order chi connectivity index (χ0) is 16.9. The summed E-state index contributed by atoms with van der Waals surface area (Å²) in [5.74, 6) is 0.986. The summed E-state index contributed by atoms with van der Waals surface area (Å²) in [7, 11) is 0. The number of rotatable bonds is 15. The van der Waals surface area contributed by atoms with Gasteiger partial charge in [-0.25, -0.2) is 0 Å². The van der Waals surface area contributed by atoms with Crippen molar-refractivity contribution in [3.05, 3.63) is 42.5 Å². The summed E-state index contributed by atoms with van der Waals surface area (Å²) in [6.45, 7) is 5.32. The van der Waals surface area contributed by atoms with Gasteiger partial charge in [-0.15, -0.1) is 6.58 Å². The van der Waals surface area contributed by atoms with Gasteiger partial charge in [0, 0.05) is 0 Å². The molecule has 24 heavy (non-hydrogen) atoms. The molecule has 1 heterocycles. The largest absolute Gasteiger partial charge is 0.491 e. The lowest BCUT2D eigenvalue weighted by atomic mass is 10.0. The second-order valence-electron chi connectivity index (χ2n) is 6.92. The quantitative estimate of drug-likeness (QED) is 0.220. The Bertz CT molecular complexity index is 451. The number of hydrogen-bond acceptors (Lipinski definition) is 2. The highest BCUT2D eigenvalue weighted by molar-refractivity contribution is 5.28. The molecule has 2 nitrogen and oxygen atoms in total. The van der Waals surface area contributed by atoms with Crippen LogP contribution in [-0.4, -0.2) is 19.3 Å². The molecule has 1 saturated heterocycles. The van der Waals surface area contributed by atoms with Gasteiger partial charge in [-0.3, -0.25) is 0 Å². The molecular weight excluding hydrogens is 296 g/mol. The fraction of sp³-hybridized carbons (Fsp3) is 0.636. The lowest BCUT2D eigenvalue weighted by Gasteiger charge is -2.07. The molecule has 1 aliphatic rings. The topological polar surface area (TPSA) is 21.8 Å². The molecule has 0 saturated carbocycles. The van der Waals surface area contributed by atoms with Crippen LogP contribution in [0.3, 0.4) is 0 Å². The summed E-state index contributed by atoms with van der Waals surface area (Å²) in [6.07, 6.45) is 17.0. The van der Waals surface area contributed by atoms with Gasteiger partial charge in [0.15, 0.2) is 0 Å². The molecule has 1 aromatic rings. The van der Waals surface area contributed by atoms with Crippen molar-refractivity contribution < 1.29 is 9.47 Å². The van der Waals surface area contributed by atoms with Crippen molar-refractivity contribution in [3.8, 4) is 5.75 Å². The van der Waals surface area contributed by atoms with Crippen molar-refractivity contribution >= 4 is 0 Å². The number of unbranched alkanes of at least 4 members (excludes halogenated alkanes) is 9. The van der Waals surface area contributed by atoms with Crippen molar-refractivity contribution in [3.63, 3.8) is 0 Å². The van der Waals surface area contributed by atoms with Crippen LogP contribution in [0.2, 0.25) is 0 Å². The first-order chi connectivity index (χ1) is 11.9. The standard InChI is InChI=1S/C22H34O2/c1-2-3-4-5-6-7-8-9-10-11-12-14-20-15-13-16-21(17-20)23-18-22-19-24-22/h2,13,15-17,22H,1,3-12,14,18-19H2. The molecule has 2 rings (SSSR count). The molecule has 1 unspecified atom stereocenters. The maximum absolute atomic E-state index is 5.75. The van der Waals surface area contributed by atoms with E-state index in [2.05, 4.69) is 24.8 Å². The Morgan fingerprint density at radius 2 is 1.67 bits per heavy atom. The predicted octanol–water partition coefficient (Wildman–Crippen LogP) is 6.09. The Morgan fingerprint density at radius 3 is 2.33 bits per heavy atom. The summed E-state index contributed by atoms with van der Waals surface area (Å²) in [6, 6.07) is 8.54. The van der Waals surface area contributed by atoms with Crippen molar-refractivity contribution in [2.24, 2.45) is 0 Å². The first-order valence-electron chi connectivity index (χ1n) is 9.83. The minimum absolute atomic E-state index is 0.329. The zero-order valence-electron chi connectivity index (χ0n) is 15.2. The maximum atomic E-state index is 5.75. The van der Waals surface area contributed by atoms with Gasteiger partial charge >= 0.3 is 0 Å². The average Bonchev–Trinajstić information content (AvgIpc) is 3.43. The lowest BCUT2D eigenvalue weighted by molar-refractivity contribution is 0.263.